The third-order valence-corrected chi connectivity index (χ3v) is 7.51. The van der Waals surface area contributed by atoms with Crippen LogP contribution in [0.3, 0.4) is 0 Å². The van der Waals surface area contributed by atoms with E-state index in [0.717, 1.165) is 47.8 Å². The molecule has 4 rings (SSSR count). The van der Waals surface area contributed by atoms with E-state index >= 15 is 0 Å². The summed E-state index contributed by atoms with van der Waals surface area (Å²) in [6.07, 6.45) is 4.53. The lowest BCUT2D eigenvalue weighted by Gasteiger charge is -2.09. The van der Waals surface area contributed by atoms with Crippen molar-refractivity contribution in [3.8, 4) is 17.5 Å². The van der Waals surface area contributed by atoms with E-state index in [1.165, 1.54) is 16.6 Å². The molecule has 9 heteroatoms. The van der Waals surface area contributed by atoms with Crippen molar-refractivity contribution in [3.05, 3.63) is 45.3 Å². The van der Waals surface area contributed by atoms with Crippen LogP contribution in [0, 0.1) is 11.3 Å². The van der Waals surface area contributed by atoms with Crippen LogP contribution in [0.25, 0.3) is 11.4 Å². The van der Waals surface area contributed by atoms with Gasteiger partial charge in [-0.15, -0.1) is 21.5 Å². The maximum Gasteiger partial charge on any atom is 0.225 e. The molecule has 0 saturated carbocycles. The summed E-state index contributed by atoms with van der Waals surface area (Å²) in [5.41, 5.74) is 2.72. The summed E-state index contributed by atoms with van der Waals surface area (Å²) in [4.78, 5) is 13.7. The van der Waals surface area contributed by atoms with Crippen LogP contribution in [0.4, 0.5) is 5.00 Å². The van der Waals surface area contributed by atoms with Crippen LogP contribution < -0.4 is 5.32 Å². The second kappa shape index (κ2) is 9.21. The smallest absolute Gasteiger partial charge is 0.225 e. The molecule has 0 spiro atoms. The molecule has 0 saturated heterocycles. The molecule has 1 aliphatic carbocycles. The highest BCUT2D eigenvalue weighted by Crippen LogP contribution is 2.37. The van der Waals surface area contributed by atoms with Gasteiger partial charge in [-0.2, -0.15) is 5.26 Å². The molecule has 3 aromatic rings. The number of hydrogen-bond donors (Lipinski definition) is 1. The highest BCUT2D eigenvalue weighted by Gasteiger charge is 2.21. The largest absolute Gasteiger partial charge is 0.317 e. The van der Waals surface area contributed by atoms with Crippen LogP contribution in [0.15, 0.2) is 29.4 Å². The molecule has 6 nitrogen and oxygen atoms in total. The fraction of sp³-hybridized carbons (Fsp3) is 0.333. The minimum atomic E-state index is -0.0855. The molecule has 1 aliphatic rings. The molecule has 0 aliphatic heterocycles. The number of nitriles is 1. The van der Waals surface area contributed by atoms with E-state index in [9.17, 15) is 10.1 Å². The van der Waals surface area contributed by atoms with Crippen LogP contribution in [-0.4, -0.2) is 26.4 Å². The van der Waals surface area contributed by atoms with Gasteiger partial charge in [0.1, 0.15) is 11.1 Å². The summed E-state index contributed by atoms with van der Waals surface area (Å²) in [6.45, 7) is 0. The van der Waals surface area contributed by atoms with E-state index < -0.39 is 0 Å². The SMILES string of the molecule is Cn1c(SCCC(=O)Nc2sc3c(c2C#N)CCCC3)nnc1-c1ccc(Cl)cc1. The summed E-state index contributed by atoms with van der Waals surface area (Å²) in [5, 5.41) is 23.1. The van der Waals surface area contributed by atoms with E-state index in [1.807, 2.05) is 35.9 Å². The topological polar surface area (TPSA) is 83.6 Å². The Bertz CT molecular complexity index is 1110. The number of aryl methyl sites for hydroxylation is 1. The maximum atomic E-state index is 12.4. The molecule has 1 N–H and O–H groups in total. The van der Waals surface area contributed by atoms with Crippen LogP contribution in [0.1, 0.15) is 35.3 Å². The van der Waals surface area contributed by atoms with Gasteiger partial charge in [-0.25, -0.2) is 0 Å². The first kappa shape index (κ1) is 20.9. The number of anilines is 1. The molecule has 0 fully saturated rings. The normalized spacial score (nSPS) is 13.0. The van der Waals surface area contributed by atoms with Gasteiger partial charge in [0.15, 0.2) is 11.0 Å². The van der Waals surface area contributed by atoms with Gasteiger partial charge in [0.05, 0.1) is 5.56 Å². The van der Waals surface area contributed by atoms with E-state index in [4.69, 9.17) is 11.6 Å². The Morgan fingerprint density at radius 1 is 1.30 bits per heavy atom. The van der Waals surface area contributed by atoms with E-state index in [2.05, 4.69) is 21.6 Å². The Morgan fingerprint density at radius 2 is 2.07 bits per heavy atom. The minimum Gasteiger partial charge on any atom is -0.317 e. The Balaban J connectivity index is 1.35. The number of carbonyl (C=O) groups excluding carboxylic acids is 1. The summed E-state index contributed by atoms with van der Waals surface area (Å²) in [6, 6.07) is 9.73. The molecule has 2 aromatic heterocycles. The van der Waals surface area contributed by atoms with Gasteiger partial charge in [-0.3, -0.25) is 4.79 Å². The van der Waals surface area contributed by atoms with Crippen molar-refractivity contribution in [3.63, 3.8) is 0 Å². The number of benzene rings is 1. The van der Waals surface area contributed by atoms with Crippen molar-refractivity contribution in [2.45, 2.75) is 37.3 Å². The van der Waals surface area contributed by atoms with Gasteiger partial charge in [-0.1, -0.05) is 23.4 Å². The molecule has 0 atom stereocenters. The average Bonchev–Trinajstić information content (AvgIpc) is 3.28. The second-order valence-electron chi connectivity index (χ2n) is 7.05. The zero-order valence-corrected chi connectivity index (χ0v) is 18.8. The van der Waals surface area contributed by atoms with Gasteiger partial charge in [0.2, 0.25) is 5.91 Å². The van der Waals surface area contributed by atoms with Crippen molar-refractivity contribution in [2.75, 3.05) is 11.1 Å². The van der Waals surface area contributed by atoms with Gasteiger partial charge in [-0.05, 0) is 55.5 Å². The lowest BCUT2D eigenvalue weighted by atomic mass is 9.96. The van der Waals surface area contributed by atoms with Crippen LogP contribution in [0.2, 0.25) is 5.02 Å². The zero-order chi connectivity index (χ0) is 21.1. The average molecular weight is 458 g/mol. The quantitative estimate of drug-likeness (QED) is 0.522. The third kappa shape index (κ3) is 4.38. The lowest BCUT2D eigenvalue weighted by Crippen LogP contribution is -2.12. The van der Waals surface area contributed by atoms with Crippen LogP contribution >= 0.6 is 34.7 Å². The summed E-state index contributed by atoms with van der Waals surface area (Å²) in [7, 11) is 1.90. The molecule has 0 unspecified atom stereocenters. The van der Waals surface area contributed by atoms with Gasteiger partial charge < -0.3 is 9.88 Å². The Hall–Kier alpha value is -2.34. The lowest BCUT2D eigenvalue weighted by molar-refractivity contribution is -0.115. The summed E-state index contributed by atoms with van der Waals surface area (Å²) >= 11 is 8.98. The molecule has 2 heterocycles. The first-order chi connectivity index (χ1) is 14.6. The predicted octanol–water partition coefficient (Wildman–Crippen LogP) is 5.07. The first-order valence-electron chi connectivity index (χ1n) is 9.69. The maximum absolute atomic E-state index is 12.4. The number of hydrogen-bond acceptors (Lipinski definition) is 6. The number of nitrogens with zero attached hydrogens (tertiary/aromatic N) is 4. The number of fused-ring (bicyclic) bond motifs is 1. The van der Waals surface area contributed by atoms with Crippen LogP contribution in [0.5, 0.6) is 0 Å². The first-order valence-corrected chi connectivity index (χ1v) is 11.9. The molecule has 0 bridgehead atoms. The number of thioether (sulfide) groups is 1. The van der Waals surface area contributed by atoms with Crippen LogP contribution in [-0.2, 0) is 24.7 Å². The molecule has 30 heavy (non-hydrogen) atoms. The molecular formula is C21H20ClN5OS2. The molecule has 154 valence electrons. The summed E-state index contributed by atoms with van der Waals surface area (Å²) in [5.74, 6) is 1.24. The van der Waals surface area contributed by atoms with Gasteiger partial charge in [0, 0.05) is 34.7 Å². The van der Waals surface area contributed by atoms with Crippen molar-refractivity contribution < 1.29 is 4.79 Å². The number of amides is 1. The fourth-order valence-electron chi connectivity index (χ4n) is 3.49. The Morgan fingerprint density at radius 3 is 2.83 bits per heavy atom. The number of thiophene rings is 1. The zero-order valence-electron chi connectivity index (χ0n) is 16.4. The number of halogens is 1. The second-order valence-corrected chi connectivity index (χ2v) is 9.65. The summed E-state index contributed by atoms with van der Waals surface area (Å²) < 4.78 is 1.91. The highest BCUT2D eigenvalue weighted by molar-refractivity contribution is 7.99. The van der Waals surface area contributed by atoms with E-state index in [-0.39, 0.29) is 5.91 Å². The molecule has 1 amide bonds. The van der Waals surface area contributed by atoms with E-state index in [0.29, 0.717) is 27.8 Å². The van der Waals surface area contributed by atoms with Gasteiger partial charge in [0.25, 0.3) is 0 Å². The molecule has 1 aromatic carbocycles. The van der Waals surface area contributed by atoms with Crippen molar-refractivity contribution in [1.82, 2.24) is 14.8 Å². The number of rotatable bonds is 6. The number of carbonyl (C=O) groups is 1. The standard InChI is InChI=1S/C21H20ClN5OS2/c1-27-19(13-6-8-14(22)9-7-13)25-26-21(27)29-11-10-18(28)24-20-16(12-23)15-4-2-3-5-17(15)30-20/h6-9H,2-5,10-11H2,1H3,(H,24,28). The van der Waals surface area contributed by atoms with Crippen molar-refractivity contribution >= 4 is 45.6 Å². The van der Waals surface area contributed by atoms with Crippen molar-refractivity contribution in [2.24, 2.45) is 7.05 Å². The fourth-order valence-corrected chi connectivity index (χ4v) is 5.72. The van der Waals surface area contributed by atoms with E-state index in [1.54, 1.807) is 11.3 Å². The minimum absolute atomic E-state index is 0.0855. The van der Waals surface area contributed by atoms with Crippen molar-refractivity contribution in [1.29, 1.82) is 5.26 Å². The predicted molar refractivity (Wildman–Crippen MR) is 121 cm³/mol. The third-order valence-electron chi connectivity index (χ3n) is 5.03. The molecule has 0 radical (unpaired) electrons. The number of nitrogens with one attached hydrogen (secondary N) is 1. The Kier molecular flexibility index (Phi) is 6.42. The highest BCUT2D eigenvalue weighted by atomic mass is 35.5. The molecular weight excluding hydrogens is 438 g/mol. The Labute approximate surface area is 188 Å². The number of aromatic nitrogens is 3. The van der Waals surface area contributed by atoms with Gasteiger partial charge >= 0.3 is 0 Å². The monoisotopic (exact) mass is 457 g/mol.